The number of nitrogens with two attached hydrogens (primary N) is 2. The molecule has 0 aliphatic carbocycles. The van der Waals surface area contributed by atoms with Crippen LogP contribution in [0.3, 0.4) is 0 Å². The number of aryl methyl sites for hydroxylation is 1. The molecule has 6 nitrogen and oxygen atoms in total. The van der Waals surface area contributed by atoms with Gasteiger partial charge in [-0.25, -0.2) is 4.79 Å². The average Bonchev–Trinajstić information content (AvgIpc) is 2.54. The van der Waals surface area contributed by atoms with Gasteiger partial charge in [-0.1, -0.05) is 6.07 Å². The van der Waals surface area contributed by atoms with Gasteiger partial charge in [0.05, 0.1) is 11.6 Å². The molecule has 1 atom stereocenters. The smallest absolute Gasteiger partial charge is 0.408 e. The van der Waals surface area contributed by atoms with Crippen LogP contribution in [-0.2, 0) is 18.3 Å². The van der Waals surface area contributed by atoms with E-state index in [0.717, 1.165) is 5.56 Å². The summed E-state index contributed by atoms with van der Waals surface area (Å²) in [6.45, 7) is 0. The number of oxazole rings is 1. The van der Waals surface area contributed by atoms with E-state index in [9.17, 15) is 9.59 Å². The summed E-state index contributed by atoms with van der Waals surface area (Å²) in [7, 11) is 1.63. The minimum absolute atomic E-state index is 0.323. The molecule has 6 heteroatoms. The number of rotatable bonds is 3. The SMILES string of the molecule is Cn1c(=O)oc2cc(CC(N)C(N)=O)ccc21. The highest BCUT2D eigenvalue weighted by molar-refractivity contribution is 5.80. The van der Waals surface area contributed by atoms with Crippen LogP contribution in [0.4, 0.5) is 0 Å². The minimum Gasteiger partial charge on any atom is -0.408 e. The van der Waals surface area contributed by atoms with Crippen LogP contribution >= 0.6 is 0 Å². The van der Waals surface area contributed by atoms with Crippen molar-refractivity contribution >= 4 is 17.0 Å². The molecular weight excluding hydrogens is 222 g/mol. The van der Waals surface area contributed by atoms with E-state index in [1.54, 1.807) is 25.2 Å². The first-order valence-corrected chi connectivity index (χ1v) is 5.12. The minimum atomic E-state index is -0.733. The van der Waals surface area contributed by atoms with Gasteiger partial charge in [0.1, 0.15) is 0 Å². The molecule has 0 aliphatic heterocycles. The molecule has 2 aromatic rings. The Morgan fingerprint density at radius 3 is 2.88 bits per heavy atom. The molecule has 0 saturated heterocycles. The summed E-state index contributed by atoms with van der Waals surface area (Å²) in [5.74, 6) is -0.976. The molecule has 0 radical (unpaired) electrons. The van der Waals surface area contributed by atoms with Crippen LogP contribution < -0.4 is 17.2 Å². The summed E-state index contributed by atoms with van der Waals surface area (Å²) in [4.78, 5) is 22.1. The van der Waals surface area contributed by atoms with Gasteiger partial charge in [-0.15, -0.1) is 0 Å². The number of nitrogens with zero attached hydrogens (tertiary/aromatic N) is 1. The van der Waals surface area contributed by atoms with Crippen molar-refractivity contribution in [2.24, 2.45) is 18.5 Å². The third kappa shape index (κ3) is 2.07. The Kier molecular flexibility index (Phi) is 2.72. The predicted octanol–water partition coefficient (Wildman–Crippen LogP) is -0.513. The maximum Gasteiger partial charge on any atom is 0.419 e. The number of aromatic nitrogens is 1. The highest BCUT2D eigenvalue weighted by Crippen LogP contribution is 2.15. The second-order valence-electron chi connectivity index (χ2n) is 3.94. The lowest BCUT2D eigenvalue weighted by Gasteiger charge is -2.06. The van der Waals surface area contributed by atoms with E-state index in [-0.39, 0.29) is 0 Å². The number of hydrogen-bond acceptors (Lipinski definition) is 4. The topological polar surface area (TPSA) is 104 Å². The molecule has 1 aromatic carbocycles. The summed E-state index contributed by atoms with van der Waals surface area (Å²) in [5, 5.41) is 0. The normalized spacial score (nSPS) is 12.8. The lowest BCUT2D eigenvalue weighted by molar-refractivity contribution is -0.119. The Hall–Kier alpha value is -2.08. The van der Waals surface area contributed by atoms with Gasteiger partial charge in [0.15, 0.2) is 5.58 Å². The number of carbonyl (C=O) groups is 1. The van der Waals surface area contributed by atoms with Gasteiger partial charge < -0.3 is 15.9 Å². The summed E-state index contributed by atoms with van der Waals surface area (Å²) < 4.78 is 6.44. The number of amides is 1. The third-order valence-electron chi connectivity index (χ3n) is 2.68. The number of carbonyl (C=O) groups excluding carboxylic acids is 1. The van der Waals surface area contributed by atoms with E-state index in [4.69, 9.17) is 15.9 Å². The fourth-order valence-corrected chi connectivity index (χ4v) is 1.66. The van der Waals surface area contributed by atoms with Crippen molar-refractivity contribution in [2.75, 3.05) is 0 Å². The van der Waals surface area contributed by atoms with E-state index in [1.807, 2.05) is 0 Å². The summed E-state index contributed by atoms with van der Waals surface area (Å²) >= 11 is 0. The van der Waals surface area contributed by atoms with Crippen molar-refractivity contribution in [1.29, 1.82) is 0 Å². The van der Waals surface area contributed by atoms with Gasteiger partial charge in [0, 0.05) is 7.05 Å². The molecule has 0 bridgehead atoms. The zero-order chi connectivity index (χ0) is 12.6. The predicted molar refractivity (Wildman–Crippen MR) is 62.3 cm³/mol. The molecule has 1 aromatic heterocycles. The largest absolute Gasteiger partial charge is 0.419 e. The monoisotopic (exact) mass is 235 g/mol. The lowest BCUT2D eigenvalue weighted by Crippen LogP contribution is -2.38. The van der Waals surface area contributed by atoms with Gasteiger partial charge in [-0.05, 0) is 24.1 Å². The first-order valence-electron chi connectivity index (χ1n) is 5.12. The molecule has 1 unspecified atom stereocenters. The van der Waals surface area contributed by atoms with Crippen molar-refractivity contribution in [2.45, 2.75) is 12.5 Å². The summed E-state index contributed by atoms with van der Waals surface area (Å²) in [6, 6.07) is 4.51. The molecule has 0 fully saturated rings. The quantitative estimate of drug-likeness (QED) is 0.747. The van der Waals surface area contributed by atoms with Crippen LogP contribution in [0.5, 0.6) is 0 Å². The molecule has 2 rings (SSSR count). The lowest BCUT2D eigenvalue weighted by atomic mass is 10.1. The maximum absolute atomic E-state index is 11.3. The molecule has 0 spiro atoms. The molecule has 1 heterocycles. The van der Waals surface area contributed by atoms with Crippen LogP contribution in [-0.4, -0.2) is 16.5 Å². The number of fused-ring (bicyclic) bond motifs is 1. The highest BCUT2D eigenvalue weighted by atomic mass is 16.4. The van der Waals surface area contributed by atoms with E-state index >= 15 is 0 Å². The van der Waals surface area contributed by atoms with Crippen LogP contribution in [0.15, 0.2) is 27.4 Å². The van der Waals surface area contributed by atoms with Crippen LogP contribution in [0.1, 0.15) is 5.56 Å². The van der Waals surface area contributed by atoms with Gasteiger partial charge >= 0.3 is 5.76 Å². The van der Waals surface area contributed by atoms with Gasteiger partial charge in [-0.2, -0.15) is 0 Å². The van der Waals surface area contributed by atoms with Crippen LogP contribution in [0.25, 0.3) is 11.1 Å². The van der Waals surface area contributed by atoms with Gasteiger partial charge in [0.25, 0.3) is 0 Å². The molecule has 90 valence electrons. The standard InChI is InChI=1S/C11H13N3O3/c1-14-8-3-2-6(4-7(12)10(13)15)5-9(8)17-11(14)16/h2-3,5,7H,4,12H2,1H3,(H2,13,15). The number of hydrogen-bond donors (Lipinski definition) is 2. The zero-order valence-electron chi connectivity index (χ0n) is 9.34. The Bertz CT molecular complexity index is 626. The van der Waals surface area contributed by atoms with Gasteiger partial charge in [0.2, 0.25) is 5.91 Å². The van der Waals surface area contributed by atoms with E-state index in [2.05, 4.69) is 0 Å². The fraction of sp³-hybridized carbons (Fsp3) is 0.273. The number of benzene rings is 1. The van der Waals surface area contributed by atoms with E-state index < -0.39 is 17.7 Å². The fourth-order valence-electron chi connectivity index (χ4n) is 1.66. The molecule has 0 aliphatic rings. The third-order valence-corrected chi connectivity index (χ3v) is 2.68. The van der Waals surface area contributed by atoms with Crippen LogP contribution in [0.2, 0.25) is 0 Å². The molecule has 0 saturated carbocycles. The van der Waals surface area contributed by atoms with E-state index in [1.165, 1.54) is 4.57 Å². The van der Waals surface area contributed by atoms with Crippen molar-refractivity contribution in [3.63, 3.8) is 0 Å². The zero-order valence-corrected chi connectivity index (χ0v) is 9.34. The first-order chi connectivity index (χ1) is 7.99. The molecule has 17 heavy (non-hydrogen) atoms. The first kappa shape index (κ1) is 11.4. The molecule has 1 amide bonds. The van der Waals surface area contributed by atoms with Gasteiger partial charge in [-0.3, -0.25) is 9.36 Å². The summed E-state index contributed by atoms with van der Waals surface area (Å²) in [6.07, 6.45) is 0.323. The van der Waals surface area contributed by atoms with Crippen molar-refractivity contribution in [3.8, 4) is 0 Å². The second-order valence-corrected chi connectivity index (χ2v) is 3.94. The van der Waals surface area contributed by atoms with E-state index in [0.29, 0.717) is 17.5 Å². The number of primary amides is 1. The Balaban J connectivity index is 2.38. The average molecular weight is 235 g/mol. The molecule has 4 N–H and O–H groups in total. The Labute approximate surface area is 96.8 Å². The van der Waals surface area contributed by atoms with Crippen LogP contribution in [0, 0.1) is 0 Å². The Morgan fingerprint density at radius 2 is 2.24 bits per heavy atom. The highest BCUT2D eigenvalue weighted by Gasteiger charge is 2.12. The van der Waals surface area contributed by atoms with Crippen molar-refractivity contribution in [1.82, 2.24) is 4.57 Å². The molecular formula is C11H13N3O3. The maximum atomic E-state index is 11.3. The summed E-state index contributed by atoms with van der Waals surface area (Å²) in [5.41, 5.74) is 12.6. The van der Waals surface area contributed by atoms with Crippen molar-refractivity contribution < 1.29 is 9.21 Å². The Morgan fingerprint density at radius 1 is 1.53 bits per heavy atom. The second kappa shape index (κ2) is 4.06. The van der Waals surface area contributed by atoms with Crippen molar-refractivity contribution in [3.05, 3.63) is 34.3 Å².